The summed E-state index contributed by atoms with van der Waals surface area (Å²) >= 11 is 0. The van der Waals surface area contributed by atoms with Gasteiger partial charge in [-0.15, -0.1) is 0 Å². The Balaban J connectivity index is 2.36. The van der Waals surface area contributed by atoms with Crippen LogP contribution in [0.1, 0.15) is 32.0 Å². The van der Waals surface area contributed by atoms with E-state index in [0.29, 0.717) is 13.2 Å². The molecule has 0 aliphatic rings. The van der Waals surface area contributed by atoms with E-state index in [4.69, 9.17) is 9.47 Å². The van der Waals surface area contributed by atoms with E-state index in [2.05, 4.69) is 4.98 Å². The second-order valence-electron chi connectivity index (χ2n) is 4.21. The Morgan fingerprint density at radius 2 is 2.12 bits per heavy atom. The van der Waals surface area contributed by atoms with Crippen molar-refractivity contribution in [1.29, 1.82) is 0 Å². The summed E-state index contributed by atoms with van der Waals surface area (Å²) in [6.45, 7) is 6.57. The third-order valence-electron chi connectivity index (χ3n) is 2.02. The number of rotatable bonds is 7. The highest BCUT2D eigenvalue weighted by atomic mass is 16.5. The molecule has 4 heteroatoms. The van der Waals surface area contributed by atoms with E-state index in [9.17, 15) is 4.79 Å². The summed E-state index contributed by atoms with van der Waals surface area (Å²) in [5.41, 5.74) is 1.86. The standard InChI is InChI=1S/C13H19NO3/c1-10(2)17-8-12-4-5-13(14-6-12)9-16-7-11(3)15/h4-6,10H,7-9H2,1-3H3. The van der Waals surface area contributed by atoms with Crippen molar-refractivity contribution in [2.75, 3.05) is 6.61 Å². The number of nitrogens with zero attached hydrogens (tertiary/aromatic N) is 1. The first-order chi connectivity index (χ1) is 8.08. The third-order valence-corrected chi connectivity index (χ3v) is 2.02. The SMILES string of the molecule is CC(=O)COCc1ccc(COC(C)C)cn1. The van der Waals surface area contributed by atoms with E-state index in [-0.39, 0.29) is 18.5 Å². The van der Waals surface area contributed by atoms with E-state index in [0.717, 1.165) is 11.3 Å². The molecule has 4 nitrogen and oxygen atoms in total. The van der Waals surface area contributed by atoms with Crippen molar-refractivity contribution in [2.45, 2.75) is 40.1 Å². The number of hydrogen-bond donors (Lipinski definition) is 0. The van der Waals surface area contributed by atoms with Crippen molar-refractivity contribution in [3.8, 4) is 0 Å². The quantitative estimate of drug-likeness (QED) is 0.728. The number of carbonyl (C=O) groups is 1. The minimum absolute atomic E-state index is 0.0203. The van der Waals surface area contributed by atoms with Gasteiger partial charge in [-0.1, -0.05) is 6.07 Å². The van der Waals surface area contributed by atoms with E-state index in [1.807, 2.05) is 26.0 Å². The van der Waals surface area contributed by atoms with Crippen LogP contribution in [-0.4, -0.2) is 23.5 Å². The molecule has 0 aliphatic heterocycles. The molecule has 1 rings (SSSR count). The molecule has 0 N–H and O–H groups in total. The van der Waals surface area contributed by atoms with Crippen LogP contribution in [0.4, 0.5) is 0 Å². The lowest BCUT2D eigenvalue weighted by atomic mass is 10.2. The molecule has 0 aromatic carbocycles. The summed E-state index contributed by atoms with van der Waals surface area (Å²) in [7, 11) is 0. The molecule has 1 aromatic rings. The molecule has 17 heavy (non-hydrogen) atoms. The van der Waals surface area contributed by atoms with Gasteiger partial charge >= 0.3 is 0 Å². The highest BCUT2D eigenvalue weighted by Crippen LogP contribution is 2.05. The maximum absolute atomic E-state index is 10.7. The Morgan fingerprint density at radius 1 is 1.35 bits per heavy atom. The summed E-state index contributed by atoms with van der Waals surface area (Å²) in [6.07, 6.45) is 1.99. The van der Waals surface area contributed by atoms with Crippen LogP contribution in [0.2, 0.25) is 0 Å². The van der Waals surface area contributed by atoms with Gasteiger partial charge in [-0.25, -0.2) is 0 Å². The molecule has 0 unspecified atom stereocenters. The van der Waals surface area contributed by atoms with Crippen molar-refractivity contribution in [3.05, 3.63) is 29.6 Å². The average Bonchev–Trinajstić information content (AvgIpc) is 2.27. The van der Waals surface area contributed by atoms with Crippen molar-refractivity contribution in [2.24, 2.45) is 0 Å². The maximum Gasteiger partial charge on any atom is 0.155 e. The molecular weight excluding hydrogens is 218 g/mol. The molecule has 1 aromatic heterocycles. The van der Waals surface area contributed by atoms with Crippen molar-refractivity contribution >= 4 is 5.78 Å². The molecule has 0 radical (unpaired) electrons. The van der Waals surface area contributed by atoms with Gasteiger partial charge in [0.2, 0.25) is 0 Å². The highest BCUT2D eigenvalue weighted by molar-refractivity contribution is 5.76. The van der Waals surface area contributed by atoms with Crippen molar-refractivity contribution < 1.29 is 14.3 Å². The molecule has 0 fully saturated rings. The Morgan fingerprint density at radius 3 is 2.65 bits per heavy atom. The Labute approximate surface area is 102 Å². The van der Waals surface area contributed by atoms with E-state index in [1.165, 1.54) is 6.92 Å². The zero-order chi connectivity index (χ0) is 12.7. The fraction of sp³-hybridized carbons (Fsp3) is 0.538. The van der Waals surface area contributed by atoms with E-state index >= 15 is 0 Å². The number of hydrogen-bond acceptors (Lipinski definition) is 4. The number of carbonyl (C=O) groups excluding carboxylic acids is 1. The lowest BCUT2D eigenvalue weighted by Crippen LogP contribution is -2.05. The summed E-state index contributed by atoms with van der Waals surface area (Å²) in [5, 5.41) is 0. The van der Waals surface area contributed by atoms with E-state index in [1.54, 1.807) is 6.20 Å². The van der Waals surface area contributed by atoms with Crippen molar-refractivity contribution in [3.63, 3.8) is 0 Å². The summed E-state index contributed by atoms with van der Waals surface area (Å²) < 4.78 is 10.6. The average molecular weight is 237 g/mol. The molecule has 0 saturated carbocycles. The van der Waals surface area contributed by atoms with Gasteiger partial charge < -0.3 is 9.47 Å². The normalized spacial score (nSPS) is 10.8. The smallest absolute Gasteiger partial charge is 0.155 e. The minimum atomic E-state index is 0.0203. The lowest BCUT2D eigenvalue weighted by Gasteiger charge is -2.07. The third kappa shape index (κ3) is 6.14. The second-order valence-corrected chi connectivity index (χ2v) is 4.21. The first-order valence-electron chi connectivity index (χ1n) is 5.70. The fourth-order valence-electron chi connectivity index (χ4n) is 1.19. The van der Waals surface area contributed by atoms with Gasteiger partial charge in [0.1, 0.15) is 6.61 Å². The first kappa shape index (κ1) is 13.8. The first-order valence-corrected chi connectivity index (χ1v) is 5.70. The van der Waals surface area contributed by atoms with Crippen LogP contribution < -0.4 is 0 Å². The number of Topliss-reactive ketones (excluding diaryl/α,β-unsaturated/α-hetero) is 1. The summed E-state index contributed by atoms with van der Waals surface area (Å²) in [4.78, 5) is 14.9. The van der Waals surface area contributed by atoms with Crippen molar-refractivity contribution in [1.82, 2.24) is 4.98 Å². The van der Waals surface area contributed by atoms with Crippen LogP contribution in [0.3, 0.4) is 0 Å². The Bertz CT molecular complexity index is 346. The topological polar surface area (TPSA) is 48.4 Å². The van der Waals surface area contributed by atoms with Crippen LogP contribution in [0.5, 0.6) is 0 Å². The number of ketones is 1. The van der Waals surface area contributed by atoms with Crippen LogP contribution in [0.25, 0.3) is 0 Å². The zero-order valence-electron chi connectivity index (χ0n) is 10.6. The summed E-state index contributed by atoms with van der Waals surface area (Å²) in [6, 6.07) is 3.85. The summed E-state index contributed by atoms with van der Waals surface area (Å²) in [5.74, 6) is 0.0203. The predicted octanol–water partition coefficient (Wildman–Crippen LogP) is 2.11. The lowest BCUT2D eigenvalue weighted by molar-refractivity contribution is -0.121. The minimum Gasteiger partial charge on any atom is -0.374 e. The second kappa shape index (κ2) is 7.14. The van der Waals surface area contributed by atoms with Crippen LogP contribution in [0, 0.1) is 0 Å². The molecule has 0 spiro atoms. The van der Waals surface area contributed by atoms with E-state index < -0.39 is 0 Å². The highest BCUT2D eigenvalue weighted by Gasteiger charge is 2.00. The molecule has 0 bridgehead atoms. The molecule has 1 heterocycles. The maximum atomic E-state index is 10.7. The number of aromatic nitrogens is 1. The van der Waals surface area contributed by atoms with Gasteiger partial charge in [0.05, 0.1) is 25.0 Å². The monoisotopic (exact) mass is 237 g/mol. The van der Waals surface area contributed by atoms with Gasteiger partial charge in [-0.3, -0.25) is 9.78 Å². The molecule has 94 valence electrons. The predicted molar refractivity (Wildman–Crippen MR) is 64.5 cm³/mol. The van der Waals surface area contributed by atoms with Crippen LogP contribution >= 0.6 is 0 Å². The fourth-order valence-corrected chi connectivity index (χ4v) is 1.19. The Hall–Kier alpha value is -1.26. The van der Waals surface area contributed by atoms with Crippen LogP contribution in [-0.2, 0) is 27.5 Å². The molecule has 0 aliphatic carbocycles. The largest absolute Gasteiger partial charge is 0.374 e. The molecule has 0 saturated heterocycles. The molecule has 0 amide bonds. The van der Waals surface area contributed by atoms with Gasteiger partial charge in [-0.05, 0) is 32.4 Å². The van der Waals surface area contributed by atoms with Gasteiger partial charge in [0.15, 0.2) is 5.78 Å². The number of pyridine rings is 1. The number of ether oxygens (including phenoxy) is 2. The Kier molecular flexibility index (Phi) is 5.80. The van der Waals surface area contributed by atoms with Gasteiger partial charge in [-0.2, -0.15) is 0 Å². The zero-order valence-corrected chi connectivity index (χ0v) is 10.6. The van der Waals surface area contributed by atoms with Gasteiger partial charge in [0.25, 0.3) is 0 Å². The molecular formula is C13H19NO3. The molecule has 0 atom stereocenters. The van der Waals surface area contributed by atoms with Crippen LogP contribution in [0.15, 0.2) is 18.3 Å². The van der Waals surface area contributed by atoms with Gasteiger partial charge in [0, 0.05) is 6.20 Å².